The predicted molar refractivity (Wildman–Crippen MR) is 79.9 cm³/mol. The first-order chi connectivity index (χ1) is 9.40. The van der Waals surface area contributed by atoms with Gasteiger partial charge in [-0.3, -0.25) is 0 Å². The second kappa shape index (κ2) is 5.74. The lowest BCUT2D eigenvalue weighted by molar-refractivity contribution is 0.384. The molecule has 2 aromatic rings. The van der Waals surface area contributed by atoms with Gasteiger partial charge in [-0.05, 0) is 25.7 Å². The molecule has 0 spiro atoms. The molecule has 0 unspecified atom stereocenters. The fraction of sp³-hybridized carbons (Fsp3) is 0.467. The van der Waals surface area contributed by atoms with Crippen LogP contribution >= 0.6 is 11.6 Å². The Morgan fingerprint density at radius 2 is 2.11 bits per heavy atom. The van der Waals surface area contributed by atoms with Gasteiger partial charge in [0.1, 0.15) is 0 Å². The van der Waals surface area contributed by atoms with E-state index in [1.54, 1.807) is 0 Å². The van der Waals surface area contributed by atoms with Crippen molar-refractivity contribution in [2.45, 2.75) is 31.7 Å². The lowest BCUT2D eigenvalue weighted by atomic mass is 9.91. The molecular weight excluding hydrogens is 258 g/mol. The van der Waals surface area contributed by atoms with E-state index in [1.807, 2.05) is 12.3 Å². The molecule has 1 aromatic carbocycles. The number of aromatic nitrogens is 2. The molecule has 19 heavy (non-hydrogen) atoms. The topological polar surface area (TPSA) is 29.0 Å². The number of rotatable bonds is 5. The summed E-state index contributed by atoms with van der Waals surface area (Å²) in [5.41, 5.74) is 0. The maximum atomic E-state index is 5.85. The normalized spacial score (nSPS) is 15.4. The highest BCUT2D eigenvalue weighted by molar-refractivity contribution is 6.17. The monoisotopic (exact) mass is 275 g/mol. The van der Waals surface area contributed by atoms with Crippen molar-refractivity contribution in [3.05, 3.63) is 30.5 Å². The van der Waals surface area contributed by atoms with E-state index in [9.17, 15) is 0 Å². The van der Waals surface area contributed by atoms with Crippen molar-refractivity contribution in [1.29, 1.82) is 0 Å². The summed E-state index contributed by atoms with van der Waals surface area (Å²) >= 11 is 5.85. The number of hydrogen-bond donors (Lipinski definition) is 0. The summed E-state index contributed by atoms with van der Waals surface area (Å²) in [4.78, 5) is 2.40. The van der Waals surface area contributed by atoms with E-state index in [0.29, 0.717) is 11.9 Å². The van der Waals surface area contributed by atoms with Gasteiger partial charge in [0.15, 0.2) is 5.82 Å². The molecule has 0 bridgehead atoms. The first-order valence-corrected chi connectivity index (χ1v) is 7.46. The zero-order valence-electron chi connectivity index (χ0n) is 10.9. The average Bonchev–Trinajstić information content (AvgIpc) is 2.41. The van der Waals surface area contributed by atoms with Crippen LogP contribution in [-0.4, -0.2) is 28.7 Å². The maximum Gasteiger partial charge on any atom is 0.159 e. The third-order valence-electron chi connectivity index (χ3n) is 3.87. The summed E-state index contributed by atoms with van der Waals surface area (Å²) in [5.74, 6) is 1.72. The average molecular weight is 276 g/mol. The Morgan fingerprint density at radius 3 is 2.84 bits per heavy atom. The van der Waals surface area contributed by atoms with Crippen LogP contribution in [0.2, 0.25) is 0 Å². The second-order valence-electron chi connectivity index (χ2n) is 5.08. The highest BCUT2D eigenvalue weighted by Gasteiger charge is 2.26. The molecule has 100 valence electrons. The first kappa shape index (κ1) is 12.7. The fourth-order valence-corrected chi connectivity index (χ4v) is 2.73. The third-order valence-corrected chi connectivity index (χ3v) is 4.14. The van der Waals surface area contributed by atoms with Crippen LogP contribution in [0.3, 0.4) is 0 Å². The SMILES string of the molecule is ClCCCN(c1nncc2ccccc12)C1CCC1. The molecule has 0 saturated heterocycles. The Kier molecular flexibility index (Phi) is 3.83. The molecule has 1 aliphatic carbocycles. The number of anilines is 1. The van der Waals surface area contributed by atoms with Crippen LogP contribution < -0.4 is 4.90 Å². The summed E-state index contributed by atoms with van der Waals surface area (Å²) < 4.78 is 0. The quantitative estimate of drug-likeness (QED) is 0.781. The molecule has 3 nitrogen and oxygen atoms in total. The number of nitrogens with zero attached hydrogens (tertiary/aromatic N) is 3. The molecule has 0 N–H and O–H groups in total. The molecule has 1 aromatic heterocycles. The van der Waals surface area contributed by atoms with Gasteiger partial charge in [0, 0.05) is 29.2 Å². The first-order valence-electron chi connectivity index (χ1n) is 6.93. The van der Waals surface area contributed by atoms with Gasteiger partial charge in [-0.1, -0.05) is 24.3 Å². The number of alkyl halides is 1. The minimum absolute atomic E-state index is 0.614. The second-order valence-corrected chi connectivity index (χ2v) is 5.45. The molecule has 0 amide bonds. The highest BCUT2D eigenvalue weighted by Crippen LogP contribution is 2.32. The van der Waals surface area contributed by atoms with E-state index >= 15 is 0 Å². The Labute approximate surface area is 118 Å². The van der Waals surface area contributed by atoms with Crippen LogP contribution in [0.25, 0.3) is 10.8 Å². The van der Waals surface area contributed by atoms with Crippen LogP contribution in [0.15, 0.2) is 30.5 Å². The number of benzene rings is 1. The number of hydrogen-bond acceptors (Lipinski definition) is 3. The van der Waals surface area contributed by atoms with E-state index in [0.717, 1.165) is 24.2 Å². The van der Waals surface area contributed by atoms with Gasteiger partial charge >= 0.3 is 0 Å². The third kappa shape index (κ3) is 2.52. The molecule has 4 heteroatoms. The highest BCUT2D eigenvalue weighted by atomic mass is 35.5. The molecule has 3 rings (SSSR count). The van der Waals surface area contributed by atoms with Crippen molar-refractivity contribution in [3.63, 3.8) is 0 Å². The van der Waals surface area contributed by atoms with Gasteiger partial charge < -0.3 is 4.90 Å². The van der Waals surface area contributed by atoms with E-state index < -0.39 is 0 Å². The Morgan fingerprint density at radius 1 is 1.26 bits per heavy atom. The fourth-order valence-electron chi connectivity index (χ4n) is 2.61. The van der Waals surface area contributed by atoms with Crippen molar-refractivity contribution >= 4 is 28.2 Å². The molecule has 0 aliphatic heterocycles. The largest absolute Gasteiger partial charge is 0.352 e. The Hall–Kier alpha value is -1.35. The molecule has 1 heterocycles. The minimum Gasteiger partial charge on any atom is -0.352 e. The lowest BCUT2D eigenvalue weighted by Crippen LogP contribution is -2.41. The summed E-state index contributed by atoms with van der Waals surface area (Å²) in [6, 6.07) is 8.94. The van der Waals surface area contributed by atoms with Crippen LogP contribution in [0.4, 0.5) is 5.82 Å². The van der Waals surface area contributed by atoms with Crippen molar-refractivity contribution < 1.29 is 0 Å². The van der Waals surface area contributed by atoms with Crippen LogP contribution in [0, 0.1) is 0 Å². The van der Waals surface area contributed by atoms with Gasteiger partial charge in [0.2, 0.25) is 0 Å². The van der Waals surface area contributed by atoms with E-state index in [4.69, 9.17) is 11.6 Å². The van der Waals surface area contributed by atoms with Gasteiger partial charge in [0.25, 0.3) is 0 Å². The molecule has 0 atom stereocenters. The van der Waals surface area contributed by atoms with E-state index in [-0.39, 0.29) is 0 Å². The van der Waals surface area contributed by atoms with Crippen molar-refractivity contribution in [2.24, 2.45) is 0 Å². The van der Waals surface area contributed by atoms with Crippen LogP contribution in [0.1, 0.15) is 25.7 Å². The number of halogens is 1. The predicted octanol–water partition coefficient (Wildman–Crippen LogP) is 3.62. The zero-order valence-corrected chi connectivity index (χ0v) is 11.7. The summed E-state index contributed by atoms with van der Waals surface area (Å²) in [5, 5.41) is 10.9. The lowest BCUT2D eigenvalue weighted by Gasteiger charge is -2.38. The smallest absolute Gasteiger partial charge is 0.159 e. The molecule has 0 radical (unpaired) electrons. The van der Waals surface area contributed by atoms with E-state index in [2.05, 4.69) is 33.3 Å². The summed E-state index contributed by atoms with van der Waals surface area (Å²) in [6.07, 6.45) is 6.66. The van der Waals surface area contributed by atoms with Gasteiger partial charge in [-0.15, -0.1) is 16.7 Å². The Bertz CT molecular complexity index is 549. The number of fused-ring (bicyclic) bond motifs is 1. The minimum atomic E-state index is 0.614. The zero-order chi connectivity index (χ0) is 13.1. The molecule has 1 aliphatic rings. The molecule has 1 saturated carbocycles. The van der Waals surface area contributed by atoms with Crippen LogP contribution in [0.5, 0.6) is 0 Å². The van der Waals surface area contributed by atoms with Crippen molar-refractivity contribution in [2.75, 3.05) is 17.3 Å². The van der Waals surface area contributed by atoms with Gasteiger partial charge in [0.05, 0.1) is 6.20 Å². The van der Waals surface area contributed by atoms with Crippen LogP contribution in [-0.2, 0) is 0 Å². The standard InChI is InChI=1S/C15H18ClN3/c16-9-4-10-19(13-6-3-7-13)15-14-8-2-1-5-12(14)11-17-18-15/h1-2,5,8,11,13H,3-4,6-7,9-10H2. The van der Waals surface area contributed by atoms with E-state index in [1.165, 1.54) is 24.6 Å². The Balaban J connectivity index is 1.98. The van der Waals surface area contributed by atoms with Gasteiger partial charge in [-0.25, -0.2) is 0 Å². The molecular formula is C15H18ClN3. The van der Waals surface area contributed by atoms with Gasteiger partial charge in [-0.2, -0.15) is 5.10 Å². The van der Waals surface area contributed by atoms with Crippen molar-refractivity contribution in [1.82, 2.24) is 10.2 Å². The molecule has 1 fully saturated rings. The van der Waals surface area contributed by atoms with Crippen molar-refractivity contribution in [3.8, 4) is 0 Å². The summed E-state index contributed by atoms with van der Waals surface area (Å²) in [6.45, 7) is 0.969. The summed E-state index contributed by atoms with van der Waals surface area (Å²) in [7, 11) is 0. The maximum absolute atomic E-state index is 5.85.